The van der Waals surface area contributed by atoms with Gasteiger partial charge in [0.2, 0.25) is 0 Å². The summed E-state index contributed by atoms with van der Waals surface area (Å²) in [7, 11) is 0. The first kappa shape index (κ1) is 15.9. The van der Waals surface area contributed by atoms with Crippen molar-refractivity contribution < 1.29 is 9.47 Å². The highest BCUT2D eigenvalue weighted by Gasteiger charge is 2.33. The van der Waals surface area contributed by atoms with Crippen LogP contribution in [0.2, 0.25) is 0 Å². The summed E-state index contributed by atoms with van der Waals surface area (Å²) in [6, 6.07) is 0. The molecule has 0 heterocycles. The molecule has 0 saturated heterocycles. The lowest BCUT2D eigenvalue weighted by molar-refractivity contribution is -0.0491. The second-order valence-electron chi connectivity index (χ2n) is 4.89. The van der Waals surface area contributed by atoms with Crippen LogP contribution in [0.3, 0.4) is 0 Å². The van der Waals surface area contributed by atoms with Gasteiger partial charge in [-0.15, -0.1) is 0 Å². The first-order valence-corrected chi connectivity index (χ1v) is 6.78. The van der Waals surface area contributed by atoms with Crippen LogP contribution in [0.4, 0.5) is 0 Å². The van der Waals surface area contributed by atoms with Gasteiger partial charge in [-0.2, -0.15) is 0 Å². The summed E-state index contributed by atoms with van der Waals surface area (Å²) in [6.07, 6.45) is 3.71. The highest BCUT2D eigenvalue weighted by molar-refractivity contribution is 4.82. The highest BCUT2D eigenvalue weighted by Crippen LogP contribution is 2.34. The van der Waals surface area contributed by atoms with Gasteiger partial charge in [-0.1, -0.05) is 33.6 Å². The molecule has 0 N–H and O–H groups in total. The Balaban J connectivity index is 4.46. The molecule has 0 spiro atoms. The maximum absolute atomic E-state index is 5.67. The number of ether oxygens (including phenoxy) is 2. The molecule has 0 rings (SSSR count). The maximum atomic E-state index is 5.67. The number of rotatable bonds is 10. The zero-order valence-electron chi connectivity index (χ0n) is 11.8. The lowest BCUT2D eigenvalue weighted by atomic mass is 9.74. The van der Waals surface area contributed by atoms with E-state index in [2.05, 4.69) is 34.6 Å². The molecule has 0 radical (unpaired) electrons. The van der Waals surface area contributed by atoms with Gasteiger partial charge in [0.15, 0.2) is 0 Å². The van der Waals surface area contributed by atoms with Crippen LogP contribution in [0, 0.1) is 11.3 Å². The van der Waals surface area contributed by atoms with Gasteiger partial charge in [-0.3, -0.25) is 0 Å². The van der Waals surface area contributed by atoms with Crippen LogP contribution < -0.4 is 0 Å². The zero-order valence-corrected chi connectivity index (χ0v) is 11.8. The fraction of sp³-hybridized carbons (Fsp3) is 1.00. The van der Waals surface area contributed by atoms with Crippen molar-refractivity contribution in [3.63, 3.8) is 0 Å². The van der Waals surface area contributed by atoms with E-state index in [0.717, 1.165) is 26.4 Å². The van der Waals surface area contributed by atoms with Crippen LogP contribution >= 0.6 is 0 Å². The Kier molecular flexibility index (Phi) is 8.96. The smallest absolute Gasteiger partial charge is 0.0546 e. The van der Waals surface area contributed by atoms with Crippen LogP contribution in [0.1, 0.15) is 53.9 Å². The van der Waals surface area contributed by atoms with Crippen LogP contribution in [0.25, 0.3) is 0 Å². The number of unbranched alkanes of at least 4 members (excludes halogenated alkanes) is 1. The molecular weight excluding hydrogens is 200 g/mol. The molecule has 0 aromatic carbocycles. The second-order valence-corrected chi connectivity index (χ2v) is 4.89. The van der Waals surface area contributed by atoms with E-state index in [0.29, 0.717) is 5.92 Å². The molecule has 2 heteroatoms. The largest absolute Gasteiger partial charge is 0.381 e. The summed E-state index contributed by atoms with van der Waals surface area (Å²) in [5, 5.41) is 0. The third kappa shape index (κ3) is 5.31. The van der Waals surface area contributed by atoms with Crippen molar-refractivity contribution >= 4 is 0 Å². The molecule has 0 aromatic heterocycles. The molecule has 0 atom stereocenters. The van der Waals surface area contributed by atoms with Gasteiger partial charge in [-0.05, 0) is 26.2 Å². The van der Waals surface area contributed by atoms with Crippen molar-refractivity contribution in [2.45, 2.75) is 53.9 Å². The van der Waals surface area contributed by atoms with E-state index in [1.165, 1.54) is 19.3 Å². The molecule has 16 heavy (non-hydrogen) atoms. The summed E-state index contributed by atoms with van der Waals surface area (Å²) in [5.74, 6) is 0.608. The van der Waals surface area contributed by atoms with Crippen molar-refractivity contribution in [2.24, 2.45) is 11.3 Å². The molecule has 98 valence electrons. The van der Waals surface area contributed by atoms with Gasteiger partial charge in [0.25, 0.3) is 0 Å². The van der Waals surface area contributed by atoms with E-state index in [4.69, 9.17) is 9.47 Å². The van der Waals surface area contributed by atoms with Gasteiger partial charge < -0.3 is 9.47 Å². The third-order valence-electron chi connectivity index (χ3n) is 3.44. The van der Waals surface area contributed by atoms with Gasteiger partial charge in [0.05, 0.1) is 13.2 Å². The predicted octanol–water partition coefficient (Wildman–Crippen LogP) is 3.89. The molecule has 0 fully saturated rings. The Hall–Kier alpha value is -0.0800. The van der Waals surface area contributed by atoms with Gasteiger partial charge in [-0.25, -0.2) is 0 Å². The molecule has 0 aliphatic heterocycles. The van der Waals surface area contributed by atoms with Gasteiger partial charge in [0.1, 0.15) is 0 Å². The SMILES string of the molecule is CCCCC(COCC)(COCC)C(C)C. The normalized spacial score (nSPS) is 12.4. The van der Waals surface area contributed by atoms with Crippen molar-refractivity contribution in [2.75, 3.05) is 26.4 Å². The molecule has 0 amide bonds. The predicted molar refractivity (Wildman–Crippen MR) is 69.8 cm³/mol. The monoisotopic (exact) mass is 230 g/mol. The lowest BCUT2D eigenvalue weighted by Crippen LogP contribution is -2.37. The average Bonchev–Trinajstić information content (AvgIpc) is 2.28. The number of hydrogen-bond acceptors (Lipinski definition) is 2. The van der Waals surface area contributed by atoms with Crippen molar-refractivity contribution in [1.82, 2.24) is 0 Å². The standard InChI is InChI=1S/C14H30O2/c1-6-9-10-14(13(4)5,11-15-7-2)12-16-8-3/h13H,6-12H2,1-5H3. The Morgan fingerprint density at radius 3 is 1.75 bits per heavy atom. The zero-order chi connectivity index (χ0) is 12.4. The third-order valence-corrected chi connectivity index (χ3v) is 3.44. The van der Waals surface area contributed by atoms with Crippen LogP contribution in [0.15, 0.2) is 0 Å². The Labute approximate surface area is 102 Å². The Morgan fingerprint density at radius 2 is 1.44 bits per heavy atom. The average molecular weight is 230 g/mol. The summed E-state index contributed by atoms with van der Waals surface area (Å²) in [4.78, 5) is 0. The quantitative estimate of drug-likeness (QED) is 0.567. The summed E-state index contributed by atoms with van der Waals surface area (Å²) in [5.41, 5.74) is 0.210. The van der Waals surface area contributed by atoms with Crippen LogP contribution in [-0.2, 0) is 9.47 Å². The molecule has 0 bridgehead atoms. The van der Waals surface area contributed by atoms with Crippen molar-refractivity contribution in [3.05, 3.63) is 0 Å². The molecule has 2 nitrogen and oxygen atoms in total. The van der Waals surface area contributed by atoms with Crippen LogP contribution in [-0.4, -0.2) is 26.4 Å². The van der Waals surface area contributed by atoms with Gasteiger partial charge >= 0.3 is 0 Å². The first-order valence-electron chi connectivity index (χ1n) is 6.78. The van der Waals surface area contributed by atoms with Crippen molar-refractivity contribution in [3.8, 4) is 0 Å². The van der Waals surface area contributed by atoms with E-state index < -0.39 is 0 Å². The molecule has 0 aliphatic rings. The molecular formula is C14H30O2. The van der Waals surface area contributed by atoms with Crippen LogP contribution in [0.5, 0.6) is 0 Å². The summed E-state index contributed by atoms with van der Waals surface area (Å²) >= 11 is 0. The van der Waals surface area contributed by atoms with Crippen molar-refractivity contribution in [1.29, 1.82) is 0 Å². The first-order chi connectivity index (χ1) is 7.63. The van der Waals surface area contributed by atoms with E-state index in [1.807, 2.05) is 0 Å². The maximum Gasteiger partial charge on any atom is 0.0546 e. The fourth-order valence-corrected chi connectivity index (χ4v) is 1.95. The summed E-state index contributed by atoms with van der Waals surface area (Å²) in [6.45, 7) is 14.2. The molecule has 0 unspecified atom stereocenters. The molecule has 0 aliphatic carbocycles. The topological polar surface area (TPSA) is 18.5 Å². The minimum atomic E-state index is 0.210. The Bertz CT molecular complexity index is 133. The molecule has 0 aromatic rings. The molecule has 0 saturated carbocycles. The minimum absolute atomic E-state index is 0.210. The van der Waals surface area contributed by atoms with E-state index in [9.17, 15) is 0 Å². The Morgan fingerprint density at radius 1 is 0.938 bits per heavy atom. The highest BCUT2D eigenvalue weighted by atomic mass is 16.5. The van der Waals surface area contributed by atoms with Gasteiger partial charge in [0, 0.05) is 18.6 Å². The minimum Gasteiger partial charge on any atom is -0.381 e. The van der Waals surface area contributed by atoms with E-state index in [1.54, 1.807) is 0 Å². The fourth-order valence-electron chi connectivity index (χ4n) is 1.95. The summed E-state index contributed by atoms with van der Waals surface area (Å²) < 4.78 is 11.3. The number of hydrogen-bond donors (Lipinski definition) is 0. The second kappa shape index (κ2) is 9.00. The lowest BCUT2D eigenvalue weighted by Gasteiger charge is -2.37. The van der Waals surface area contributed by atoms with E-state index in [-0.39, 0.29) is 5.41 Å². The van der Waals surface area contributed by atoms with E-state index >= 15 is 0 Å².